The first kappa shape index (κ1) is 16.8. The number of carbonyl (C=O) groups is 3. The lowest BCUT2D eigenvalue weighted by Gasteiger charge is -2.16. The van der Waals surface area contributed by atoms with Crippen molar-refractivity contribution in [1.29, 1.82) is 0 Å². The van der Waals surface area contributed by atoms with Crippen LogP contribution in [0.3, 0.4) is 0 Å². The average molecular weight is 338 g/mol. The van der Waals surface area contributed by atoms with Crippen molar-refractivity contribution in [1.82, 2.24) is 15.3 Å². The lowest BCUT2D eigenvalue weighted by Crippen LogP contribution is -2.43. The molecule has 0 saturated carbocycles. The van der Waals surface area contributed by atoms with Gasteiger partial charge in [0.1, 0.15) is 11.6 Å². The second-order valence-electron chi connectivity index (χ2n) is 5.80. The second-order valence-corrected chi connectivity index (χ2v) is 5.80. The number of urea groups is 1. The Hall–Kier alpha value is -3.09. The van der Waals surface area contributed by atoms with Crippen molar-refractivity contribution in [2.45, 2.75) is 26.2 Å². The summed E-state index contributed by atoms with van der Waals surface area (Å²) in [5.74, 6) is -2.11. The van der Waals surface area contributed by atoms with Gasteiger partial charge in [0.25, 0.3) is 5.91 Å². The summed E-state index contributed by atoms with van der Waals surface area (Å²) in [6.07, 6.45) is 3.58. The number of fused-ring (bicyclic) bond motifs is 1. The molecular weight excluding hydrogens is 320 g/mol. The number of imide groups is 1. The molecule has 7 nitrogen and oxygen atoms in total. The van der Waals surface area contributed by atoms with Gasteiger partial charge in [0.2, 0.25) is 0 Å². The van der Waals surface area contributed by atoms with E-state index in [4.69, 9.17) is 0 Å². The van der Waals surface area contributed by atoms with Gasteiger partial charge in [0.05, 0.1) is 17.6 Å². The van der Waals surface area contributed by atoms with Crippen LogP contribution in [0.25, 0.3) is 0 Å². The number of carbonyl (C=O) groups excluding carboxylic acids is 3. The fourth-order valence-electron chi connectivity index (χ4n) is 2.76. The largest absolute Gasteiger partial charge is 0.337 e. The molecule has 1 aromatic heterocycles. The quantitative estimate of drug-likeness (QED) is 0.681. The number of nitrogens with one attached hydrogen (secondary N) is 1. The predicted molar refractivity (Wildman–Crippen MR) is 91.5 cm³/mol. The number of aryl methyl sites for hydroxylation is 1. The normalized spacial score (nSPS) is 15.8. The highest BCUT2D eigenvalue weighted by Gasteiger charge is 2.45. The molecule has 0 saturated heterocycles. The third-order valence-corrected chi connectivity index (χ3v) is 3.98. The van der Waals surface area contributed by atoms with Gasteiger partial charge in [-0.1, -0.05) is 25.1 Å². The van der Waals surface area contributed by atoms with Crippen LogP contribution in [0.5, 0.6) is 0 Å². The number of benzene rings is 1. The Kier molecular flexibility index (Phi) is 4.56. The highest BCUT2D eigenvalue weighted by molar-refractivity contribution is 6.29. The number of hydrogen-bond donors (Lipinski definition) is 1. The summed E-state index contributed by atoms with van der Waals surface area (Å²) in [6, 6.07) is 6.28. The molecule has 128 valence electrons. The topological polar surface area (TPSA) is 92.3 Å². The Bertz CT molecular complexity index is 832. The minimum Gasteiger partial charge on any atom is -0.337 e. The molecule has 7 heteroatoms. The summed E-state index contributed by atoms with van der Waals surface area (Å²) in [7, 11) is 0. The van der Waals surface area contributed by atoms with Crippen LogP contribution >= 0.6 is 0 Å². The molecule has 0 unspecified atom stereocenters. The van der Waals surface area contributed by atoms with Gasteiger partial charge in [-0.05, 0) is 25.0 Å². The van der Waals surface area contributed by atoms with Gasteiger partial charge < -0.3 is 5.32 Å². The number of nitrogens with zero attached hydrogens (tertiary/aromatic N) is 3. The zero-order valence-corrected chi connectivity index (χ0v) is 14.0. The Labute approximate surface area is 145 Å². The SMILES string of the molecule is CCCNC(=O)N1C(=O)[C@@H](C(=O)c2cnc(C)cn2)c2ccccc21. The summed E-state index contributed by atoms with van der Waals surface area (Å²) in [4.78, 5) is 47.2. The summed E-state index contributed by atoms with van der Waals surface area (Å²) < 4.78 is 0. The van der Waals surface area contributed by atoms with E-state index in [2.05, 4.69) is 15.3 Å². The Morgan fingerprint density at radius 1 is 1.20 bits per heavy atom. The molecule has 2 aromatic rings. The van der Waals surface area contributed by atoms with Crippen molar-refractivity contribution in [3.63, 3.8) is 0 Å². The minimum atomic E-state index is -1.08. The molecule has 0 radical (unpaired) electrons. The number of amides is 3. The highest BCUT2D eigenvalue weighted by atomic mass is 16.2. The maximum atomic E-state index is 12.8. The van der Waals surface area contributed by atoms with Gasteiger partial charge in [-0.25, -0.2) is 14.7 Å². The summed E-state index contributed by atoms with van der Waals surface area (Å²) in [6.45, 7) is 4.13. The fourth-order valence-corrected chi connectivity index (χ4v) is 2.76. The first-order valence-corrected chi connectivity index (χ1v) is 8.08. The Morgan fingerprint density at radius 2 is 1.96 bits per heavy atom. The molecule has 25 heavy (non-hydrogen) atoms. The van der Waals surface area contributed by atoms with Crippen molar-refractivity contribution in [3.05, 3.63) is 53.6 Å². The van der Waals surface area contributed by atoms with Crippen LogP contribution in [0.15, 0.2) is 36.7 Å². The minimum absolute atomic E-state index is 0.106. The molecule has 1 N–H and O–H groups in total. The van der Waals surface area contributed by atoms with E-state index < -0.39 is 23.6 Å². The average Bonchev–Trinajstić information content (AvgIpc) is 2.91. The van der Waals surface area contributed by atoms with Gasteiger partial charge in [-0.15, -0.1) is 0 Å². The summed E-state index contributed by atoms with van der Waals surface area (Å²) in [5, 5.41) is 2.68. The molecule has 3 rings (SSSR count). The van der Waals surface area contributed by atoms with Crippen LogP contribution < -0.4 is 10.2 Å². The van der Waals surface area contributed by atoms with Gasteiger partial charge in [-0.2, -0.15) is 0 Å². The number of rotatable bonds is 4. The number of ketones is 1. The number of anilines is 1. The van der Waals surface area contributed by atoms with E-state index in [-0.39, 0.29) is 5.69 Å². The highest BCUT2D eigenvalue weighted by Crippen LogP contribution is 2.38. The summed E-state index contributed by atoms with van der Waals surface area (Å²) in [5.41, 5.74) is 1.72. The molecule has 1 atom stereocenters. The Morgan fingerprint density at radius 3 is 2.64 bits per heavy atom. The molecule has 1 aliphatic rings. The number of hydrogen-bond acceptors (Lipinski definition) is 5. The van der Waals surface area contributed by atoms with E-state index in [1.807, 2.05) is 6.92 Å². The molecule has 0 fully saturated rings. The van der Waals surface area contributed by atoms with E-state index in [0.29, 0.717) is 23.5 Å². The van der Waals surface area contributed by atoms with E-state index in [1.165, 1.54) is 12.4 Å². The zero-order chi connectivity index (χ0) is 18.0. The second kappa shape index (κ2) is 6.80. The molecule has 0 bridgehead atoms. The molecule has 3 amide bonds. The molecule has 1 aliphatic heterocycles. The number of aromatic nitrogens is 2. The zero-order valence-electron chi connectivity index (χ0n) is 14.0. The first-order chi connectivity index (χ1) is 12.0. The maximum absolute atomic E-state index is 12.8. The maximum Gasteiger partial charge on any atom is 0.328 e. The van der Waals surface area contributed by atoms with Crippen LogP contribution in [0, 0.1) is 6.92 Å². The van der Waals surface area contributed by atoms with Crippen LogP contribution in [0.1, 0.15) is 41.0 Å². The first-order valence-electron chi connectivity index (χ1n) is 8.08. The van der Waals surface area contributed by atoms with Gasteiger partial charge in [0, 0.05) is 12.7 Å². The lowest BCUT2D eigenvalue weighted by atomic mass is 9.94. The molecule has 0 spiro atoms. The Balaban J connectivity index is 1.98. The van der Waals surface area contributed by atoms with Crippen molar-refractivity contribution in [3.8, 4) is 0 Å². The van der Waals surface area contributed by atoms with Gasteiger partial charge >= 0.3 is 6.03 Å². The van der Waals surface area contributed by atoms with E-state index in [1.54, 1.807) is 31.2 Å². The smallest absolute Gasteiger partial charge is 0.328 e. The van der Waals surface area contributed by atoms with Crippen LogP contribution in [-0.4, -0.2) is 34.2 Å². The van der Waals surface area contributed by atoms with E-state index >= 15 is 0 Å². The van der Waals surface area contributed by atoms with E-state index in [0.717, 1.165) is 11.3 Å². The van der Waals surface area contributed by atoms with Crippen molar-refractivity contribution >= 4 is 23.4 Å². The van der Waals surface area contributed by atoms with Crippen molar-refractivity contribution < 1.29 is 14.4 Å². The number of para-hydroxylation sites is 1. The monoisotopic (exact) mass is 338 g/mol. The molecular formula is C18H18N4O3. The summed E-state index contributed by atoms with van der Waals surface area (Å²) >= 11 is 0. The molecule has 1 aromatic carbocycles. The van der Waals surface area contributed by atoms with Gasteiger partial charge in [-0.3, -0.25) is 14.6 Å². The van der Waals surface area contributed by atoms with Crippen molar-refractivity contribution in [2.24, 2.45) is 0 Å². The van der Waals surface area contributed by atoms with Gasteiger partial charge in [0.15, 0.2) is 5.78 Å². The molecule has 0 aliphatic carbocycles. The molecule has 2 heterocycles. The lowest BCUT2D eigenvalue weighted by molar-refractivity contribution is -0.117. The fraction of sp³-hybridized carbons (Fsp3) is 0.278. The van der Waals surface area contributed by atoms with Crippen molar-refractivity contribution in [2.75, 3.05) is 11.4 Å². The van der Waals surface area contributed by atoms with Crippen LogP contribution in [0.4, 0.5) is 10.5 Å². The van der Waals surface area contributed by atoms with Crippen LogP contribution in [-0.2, 0) is 4.79 Å². The predicted octanol–water partition coefficient (Wildman–Crippen LogP) is 2.22. The van der Waals surface area contributed by atoms with E-state index in [9.17, 15) is 14.4 Å². The third-order valence-electron chi connectivity index (χ3n) is 3.98. The standard InChI is InChI=1S/C18H18N4O3/c1-3-8-19-18(25)22-14-7-5-4-6-12(14)15(17(22)24)16(23)13-10-20-11(2)9-21-13/h4-7,9-10,15H,3,8H2,1-2H3,(H,19,25)/t15-/m1/s1. The van der Waals surface area contributed by atoms with Crippen LogP contribution in [0.2, 0.25) is 0 Å². The number of Topliss-reactive ketones (excluding diaryl/α,β-unsaturated/α-hetero) is 1. The third kappa shape index (κ3) is 3.00.